The Bertz CT molecular complexity index is 325. The van der Waals surface area contributed by atoms with Gasteiger partial charge in [-0.25, -0.2) is 4.98 Å². The maximum Gasteiger partial charge on any atom is 0.125 e. The van der Waals surface area contributed by atoms with Gasteiger partial charge in [0.2, 0.25) is 0 Å². The van der Waals surface area contributed by atoms with Crippen LogP contribution in [-0.4, -0.2) is 17.6 Å². The Morgan fingerprint density at radius 3 is 2.75 bits per heavy atom. The van der Waals surface area contributed by atoms with Gasteiger partial charge in [0.25, 0.3) is 0 Å². The molecule has 0 saturated carbocycles. The van der Waals surface area contributed by atoms with E-state index < -0.39 is 0 Å². The lowest BCUT2D eigenvalue weighted by Crippen LogP contribution is -2.25. The summed E-state index contributed by atoms with van der Waals surface area (Å²) in [6.07, 6.45) is 1.77. The van der Waals surface area contributed by atoms with Gasteiger partial charge >= 0.3 is 0 Å². The second kappa shape index (κ2) is 5.75. The zero-order chi connectivity index (χ0) is 12.2. The van der Waals surface area contributed by atoms with E-state index in [0.717, 1.165) is 23.5 Å². The molecule has 92 valence electrons. The van der Waals surface area contributed by atoms with Gasteiger partial charge in [0.1, 0.15) is 10.6 Å². The summed E-state index contributed by atoms with van der Waals surface area (Å²) in [4.78, 5) is 4.63. The van der Waals surface area contributed by atoms with E-state index in [2.05, 4.69) is 24.2 Å². The van der Waals surface area contributed by atoms with Crippen molar-refractivity contribution in [2.45, 2.75) is 52.2 Å². The van der Waals surface area contributed by atoms with E-state index in [4.69, 9.17) is 10.5 Å². The minimum atomic E-state index is -0.241. The van der Waals surface area contributed by atoms with E-state index in [9.17, 15) is 0 Å². The first-order chi connectivity index (χ1) is 7.51. The van der Waals surface area contributed by atoms with Gasteiger partial charge in [0.15, 0.2) is 0 Å². The lowest BCUT2D eigenvalue weighted by Gasteiger charge is -2.25. The molecule has 2 atom stereocenters. The van der Waals surface area contributed by atoms with Gasteiger partial charge in [0, 0.05) is 24.4 Å². The fourth-order valence-corrected chi connectivity index (χ4v) is 2.63. The fraction of sp³-hybridized carbons (Fsp3) is 0.750. The van der Waals surface area contributed by atoms with Gasteiger partial charge < -0.3 is 10.5 Å². The summed E-state index contributed by atoms with van der Waals surface area (Å²) in [6, 6.07) is 0.162. The van der Waals surface area contributed by atoms with E-state index in [1.54, 1.807) is 11.3 Å². The third-order valence-corrected chi connectivity index (χ3v) is 3.81. The van der Waals surface area contributed by atoms with Crippen molar-refractivity contribution < 1.29 is 4.74 Å². The van der Waals surface area contributed by atoms with Gasteiger partial charge in [-0.15, -0.1) is 11.3 Å². The van der Waals surface area contributed by atoms with Crippen molar-refractivity contribution in [1.29, 1.82) is 0 Å². The first kappa shape index (κ1) is 13.6. The highest BCUT2D eigenvalue weighted by Gasteiger charge is 2.28. The third kappa shape index (κ3) is 3.27. The molecule has 0 aliphatic rings. The molecule has 1 aromatic heterocycles. The second-order valence-corrected chi connectivity index (χ2v) is 5.20. The van der Waals surface area contributed by atoms with Gasteiger partial charge in [-0.1, -0.05) is 6.92 Å². The van der Waals surface area contributed by atoms with Crippen LogP contribution in [-0.2, 0) is 16.8 Å². The molecule has 1 heterocycles. The van der Waals surface area contributed by atoms with Crippen molar-refractivity contribution >= 4 is 11.3 Å². The van der Waals surface area contributed by atoms with Crippen molar-refractivity contribution in [3.8, 4) is 0 Å². The predicted octanol–water partition coefficient (Wildman–Crippen LogP) is 2.69. The summed E-state index contributed by atoms with van der Waals surface area (Å²) >= 11 is 1.67. The van der Waals surface area contributed by atoms with Gasteiger partial charge in [0.05, 0.1) is 5.69 Å². The number of hydrogen-bond donors (Lipinski definition) is 1. The predicted molar refractivity (Wildman–Crippen MR) is 68.7 cm³/mol. The molecule has 0 amide bonds. The Labute approximate surface area is 102 Å². The summed E-state index contributed by atoms with van der Waals surface area (Å²) in [5.41, 5.74) is 6.60. The largest absolute Gasteiger partial charge is 0.368 e. The van der Waals surface area contributed by atoms with Gasteiger partial charge in [-0.3, -0.25) is 0 Å². The summed E-state index contributed by atoms with van der Waals surface area (Å²) < 4.78 is 5.80. The molecular formula is C12H22N2OS. The van der Waals surface area contributed by atoms with Crippen LogP contribution in [0.5, 0.6) is 0 Å². The normalized spacial score (nSPS) is 17.1. The monoisotopic (exact) mass is 242 g/mol. The summed E-state index contributed by atoms with van der Waals surface area (Å²) in [5.74, 6) is 0. The van der Waals surface area contributed by atoms with Crippen molar-refractivity contribution in [2.24, 2.45) is 5.73 Å². The maximum atomic E-state index is 5.80. The highest BCUT2D eigenvalue weighted by molar-refractivity contribution is 7.09. The van der Waals surface area contributed by atoms with Crippen molar-refractivity contribution in [3.63, 3.8) is 0 Å². The van der Waals surface area contributed by atoms with E-state index >= 15 is 0 Å². The number of thiazole rings is 1. The second-order valence-electron chi connectivity index (χ2n) is 4.34. The van der Waals surface area contributed by atoms with E-state index in [1.807, 2.05) is 13.8 Å². The minimum Gasteiger partial charge on any atom is -0.368 e. The molecule has 0 aliphatic carbocycles. The SMILES string of the molecule is CCOC(C)(CC)c1nc(CC(C)N)cs1. The quantitative estimate of drug-likeness (QED) is 0.834. The number of rotatable bonds is 6. The number of aromatic nitrogens is 1. The molecule has 0 saturated heterocycles. The van der Waals surface area contributed by atoms with Gasteiger partial charge in [-0.2, -0.15) is 0 Å². The third-order valence-electron chi connectivity index (χ3n) is 2.67. The molecule has 4 heteroatoms. The Kier molecular flexibility index (Phi) is 4.89. The summed E-state index contributed by atoms with van der Waals surface area (Å²) in [5, 5.41) is 3.15. The van der Waals surface area contributed by atoms with Gasteiger partial charge in [-0.05, 0) is 27.2 Å². The van der Waals surface area contributed by atoms with E-state index in [-0.39, 0.29) is 11.6 Å². The van der Waals surface area contributed by atoms with Crippen LogP contribution in [0.25, 0.3) is 0 Å². The molecule has 0 fully saturated rings. The fourth-order valence-electron chi connectivity index (χ4n) is 1.61. The van der Waals surface area contributed by atoms with Crippen LogP contribution < -0.4 is 5.73 Å². The number of nitrogens with two attached hydrogens (primary N) is 1. The van der Waals surface area contributed by atoms with E-state index in [1.165, 1.54) is 0 Å². The molecule has 0 radical (unpaired) electrons. The number of hydrogen-bond acceptors (Lipinski definition) is 4. The molecule has 2 N–H and O–H groups in total. The first-order valence-electron chi connectivity index (χ1n) is 5.86. The van der Waals surface area contributed by atoms with Crippen molar-refractivity contribution in [3.05, 3.63) is 16.1 Å². The zero-order valence-corrected chi connectivity index (χ0v) is 11.4. The standard InChI is InChI=1S/C12H22N2OS/c1-5-12(4,15-6-2)11-14-10(8-16-11)7-9(3)13/h8-9H,5-7,13H2,1-4H3. The molecule has 3 nitrogen and oxygen atoms in total. The lowest BCUT2D eigenvalue weighted by molar-refractivity contribution is -0.0325. The average molecular weight is 242 g/mol. The Morgan fingerprint density at radius 1 is 1.56 bits per heavy atom. The van der Waals surface area contributed by atoms with E-state index in [0.29, 0.717) is 6.61 Å². The van der Waals surface area contributed by atoms with Crippen molar-refractivity contribution in [1.82, 2.24) is 4.98 Å². The minimum absolute atomic E-state index is 0.162. The molecule has 2 unspecified atom stereocenters. The highest BCUT2D eigenvalue weighted by Crippen LogP contribution is 2.31. The summed E-state index contributed by atoms with van der Waals surface area (Å²) in [7, 11) is 0. The Balaban J connectivity index is 2.82. The Hall–Kier alpha value is -0.450. The van der Waals surface area contributed by atoms with Crippen LogP contribution in [0.1, 0.15) is 44.8 Å². The zero-order valence-electron chi connectivity index (χ0n) is 10.6. The summed E-state index contributed by atoms with van der Waals surface area (Å²) in [6.45, 7) is 8.96. The van der Waals surface area contributed by atoms with Crippen molar-refractivity contribution in [2.75, 3.05) is 6.61 Å². The first-order valence-corrected chi connectivity index (χ1v) is 6.74. The molecule has 0 aliphatic heterocycles. The molecule has 0 aromatic carbocycles. The average Bonchev–Trinajstić information content (AvgIpc) is 2.66. The van der Waals surface area contributed by atoms with Crippen LogP contribution in [0.15, 0.2) is 5.38 Å². The van der Waals surface area contributed by atoms with Crippen LogP contribution in [0.3, 0.4) is 0 Å². The molecule has 1 rings (SSSR count). The Morgan fingerprint density at radius 2 is 2.25 bits per heavy atom. The van der Waals surface area contributed by atoms with Crippen LogP contribution >= 0.6 is 11.3 Å². The van der Waals surface area contributed by atoms with Crippen LogP contribution in [0.4, 0.5) is 0 Å². The molecule has 1 aromatic rings. The highest BCUT2D eigenvalue weighted by atomic mass is 32.1. The molecule has 0 bridgehead atoms. The number of nitrogens with zero attached hydrogens (tertiary/aromatic N) is 1. The molecular weight excluding hydrogens is 220 g/mol. The maximum absolute atomic E-state index is 5.80. The van der Waals surface area contributed by atoms with Crippen LogP contribution in [0, 0.1) is 0 Å². The lowest BCUT2D eigenvalue weighted by atomic mass is 10.0. The van der Waals surface area contributed by atoms with Crippen LogP contribution in [0.2, 0.25) is 0 Å². The smallest absolute Gasteiger partial charge is 0.125 e. The molecule has 16 heavy (non-hydrogen) atoms. The molecule has 0 spiro atoms. The topological polar surface area (TPSA) is 48.1 Å². The number of ether oxygens (including phenoxy) is 1.